The number of imide groups is 1. The normalized spacial score (nSPS) is 17.9. The van der Waals surface area contributed by atoms with Gasteiger partial charge in [-0.1, -0.05) is 86.7 Å². The summed E-state index contributed by atoms with van der Waals surface area (Å²) in [6, 6.07) is 25.2. The van der Waals surface area contributed by atoms with Crippen LogP contribution in [0.2, 0.25) is 0 Å². The number of amides is 4. The van der Waals surface area contributed by atoms with Crippen molar-refractivity contribution in [1.29, 1.82) is 0 Å². The molecule has 10 nitrogen and oxygen atoms in total. The highest BCUT2D eigenvalue weighted by molar-refractivity contribution is 6.21. The lowest BCUT2D eigenvalue weighted by Crippen LogP contribution is -2.54. The van der Waals surface area contributed by atoms with E-state index in [1.807, 2.05) is 86.7 Å². The average Bonchev–Trinajstić information content (AvgIpc) is 3.38. The molecule has 0 aromatic heterocycles. The van der Waals surface area contributed by atoms with Gasteiger partial charge in [0.2, 0.25) is 11.8 Å². The zero-order chi connectivity index (χ0) is 34.8. The minimum Gasteiger partial charge on any atom is -0.350 e. The second kappa shape index (κ2) is 17.0. The standard InChI is InChI=1S/C39H46N4O6/c1-27(2)25-34(31(22-14-17-29-15-6-4-7-16-29)37(45)41-49-35-23-12-13-24-48-35)36(44)40-42(30-18-8-5-9-19-30)26-28(3)43-38(46)32-20-10-11-21-33(32)39(43)47/h4-11,14-21,27-28,31,34-35H,12-13,22-26H2,1-3H3,(H,40,44)(H,41,45)/t28-,31+,34-,35?/m1/s1. The van der Waals surface area contributed by atoms with Crippen molar-refractivity contribution in [3.05, 3.63) is 108 Å². The van der Waals surface area contributed by atoms with E-state index < -0.39 is 30.1 Å². The van der Waals surface area contributed by atoms with Crippen LogP contribution in [0.1, 0.15) is 79.2 Å². The number of ether oxygens (including phenoxy) is 1. The lowest BCUT2D eigenvalue weighted by atomic mass is 9.82. The number of nitrogens with zero attached hydrogens (tertiary/aromatic N) is 2. The first-order chi connectivity index (χ1) is 23.7. The van der Waals surface area contributed by atoms with Gasteiger partial charge in [-0.15, -0.1) is 0 Å². The third kappa shape index (κ3) is 9.22. The molecule has 4 atom stereocenters. The molecule has 4 amide bonds. The third-order valence-corrected chi connectivity index (χ3v) is 8.84. The Hall–Kier alpha value is -4.80. The van der Waals surface area contributed by atoms with Crippen molar-refractivity contribution in [2.45, 2.75) is 65.2 Å². The first-order valence-electron chi connectivity index (χ1n) is 17.1. The minimum absolute atomic E-state index is 0.0918. The summed E-state index contributed by atoms with van der Waals surface area (Å²) in [5, 5.41) is 1.66. The highest BCUT2D eigenvalue weighted by atomic mass is 16.8. The molecule has 49 heavy (non-hydrogen) atoms. The fourth-order valence-electron chi connectivity index (χ4n) is 6.33. The molecule has 1 unspecified atom stereocenters. The molecule has 0 radical (unpaired) electrons. The number of anilines is 1. The van der Waals surface area contributed by atoms with Crippen LogP contribution in [0.3, 0.4) is 0 Å². The van der Waals surface area contributed by atoms with Crippen LogP contribution >= 0.6 is 0 Å². The zero-order valence-electron chi connectivity index (χ0n) is 28.4. The molecule has 3 aromatic carbocycles. The van der Waals surface area contributed by atoms with E-state index in [0.29, 0.717) is 36.3 Å². The van der Waals surface area contributed by atoms with Crippen LogP contribution < -0.4 is 15.9 Å². The van der Waals surface area contributed by atoms with Gasteiger partial charge in [0, 0.05) is 13.0 Å². The van der Waals surface area contributed by atoms with Crippen LogP contribution in [0, 0.1) is 17.8 Å². The van der Waals surface area contributed by atoms with Crippen molar-refractivity contribution in [2.24, 2.45) is 17.8 Å². The van der Waals surface area contributed by atoms with E-state index in [1.54, 1.807) is 36.2 Å². The maximum absolute atomic E-state index is 14.4. The van der Waals surface area contributed by atoms with Crippen LogP contribution in [-0.4, -0.2) is 54.0 Å². The molecule has 2 N–H and O–H groups in total. The Morgan fingerprint density at radius 3 is 2.12 bits per heavy atom. The molecule has 2 aliphatic rings. The number of fused-ring (bicyclic) bond motifs is 1. The van der Waals surface area contributed by atoms with Crippen LogP contribution in [0.15, 0.2) is 91.0 Å². The van der Waals surface area contributed by atoms with Crippen molar-refractivity contribution in [3.63, 3.8) is 0 Å². The van der Waals surface area contributed by atoms with Crippen molar-refractivity contribution >= 4 is 35.4 Å². The number of para-hydroxylation sites is 1. The number of hydrazine groups is 1. The highest BCUT2D eigenvalue weighted by Crippen LogP contribution is 2.28. The van der Waals surface area contributed by atoms with Crippen molar-refractivity contribution < 1.29 is 28.8 Å². The quantitative estimate of drug-likeness (QED) is 0.147. The topological polar surface area (TPSA) is 117 Å². The first-order valence-corrected chi connectivity index (χ1v) is 17.1. The summed E-state index contributed by atoms with van der Waals surface area (Å²) < 4.78 is 5.65. The number of hydrogen-bond acceptors (Lipinski definition) is 7. The van der Waals surface area contributed by atoms with Gasteiger partial charge in [-0.3, -0.25) is 34.5 Å². The van der Waals surface area contributed by atoms with Crippen molar-refractivity contribution in [3.8, 4) is 0 Å². The third-order valence-electron chi connectivity index (χ3n) is 8.84. The van der Waals surface area contributed by atoms with E-state index in [4.69, 9.17) is 9.57 Å². The molecule has 0 aliphatic carbocycles. The molecular weight excluding hydrogens is 620 g/mol. The summed E-state index contributed by atoms with van der Waals surface area (Å²) in [4.78, 5) is 61.7. The number of carbonyl (C=O) groups is 4. The number of allylic oxidation sites excluding steroid dienone is 1. The van der Waals surface area contributed by atoms with Gasteiger partial charge in [0.1, 0.15) is 0 Å². The summed E-state index contributed by atoms with van der Waals surface area (Å²) in [5.74, 6) is -2.90. The second-order valence-corrected chi connectivity index (χ2v) is 13.1. The van der Waals surface area contributed by atoms with Crippen LogP contribution in [0.25, 0.3) is 6.08 Å². The number of benzene rings is 3. The minimum atomic E-state index is -0.766. The van der Waals surface area contributed by atoms with Gasteiger partial charge in [0.25, 0.3) is 11.8 Å². The predicted molar refractivity (Wildman–Crippen MR) is 188 cm³/mol. The molecular formula is C39H46N4O6. The zero-order valence-corrected chi connectivity index (χ0v) is 28.4. The molecule has 2 heterocycles. The lowest BCUT2D eigenvalue weighted by Gasteiger charge is -2.34. The Labute approximate surface area is 288 Å². The number of hydrogen-bond donors (Lipinski definition) is 2. The molecule has 2 aliphatic heterocycles. The summed E-state index contributed by atoms with van der Waals surface area (Å²) in [6.45, 7) is 6.51. The summed E-state index contributed by atoms with van der Waals surface area (Å²) in [5.41, 5.74) is 8.06. The molecule has 5 rings (SSSR count). The highest BCUT2D eigenvalue weighted by Gasteiger charge is 2.40. The molecule has 10 heteroatoms. The number of hydroxylamine groups is 1. The summed E-state index contributed by atoms with van der Waals surface area (Å²) >= 11 is 0. The fraction of sp³-hybridized carbons (Fsp3) is 0.385. The monoisotopic (exact) mass is 666 g/mol. The average molecular weight is 667 g/mol. The number of carbonyl (C=O) groups excluding carboxylic acids is 4. The maximum Gasteiger partial charge on any atom is 0.261 e. The van der Waals surface area contributed by atoms with Crippen molar-refractivity contribution in [2.75, 3.05) is 18.2 Å². The Morgan fingerprint density at radius 1 is 0.878 bits per heavy atom. The van der Waals surface area contributed by atoms with Gasteiger partial charge in [0.15, 0.2) is 6.29 Å². The summed E-state index contributed by atoms with van der Waals surface area (Å²) in [7, 11) is 0. The van der Waals surface area contributed by atoms with Crippen LogP contribution in [0.4, 0.5) is 5.69 Å². The first kappa shape index (κ1) is 35.5. The van der Waals surface area contributed by atoms with Gasteiger partial charge in [-0.05, 0) is 68.4 Å². The fourth-order valence-corrected chi connectivity index (χ4v) is 6.33. The largest absolute Gasteiger partial charge is 0.350 e. The Kier molecular flexibility index (Phi) is 12.3. The maximum atomic E-state index is 14.4. The SMILES string of the molecule is CC(C)C[C@@H](C(=O)NN(C[C@@H](C)N1C(=O)c2ccccc2C1=O)c1ccccc1)[C@H](CC=Cc1ccccc1)C(=O)NOC1CCCCO1. The van der Waals surface area contributed by atoms with Crippen molar-refractivity contribution in [1.82, 2.24) is 15.8 Å². The van der Waals surface area contributed by atoms with E-state index in [-0.39, 0.29) is 36.6 Å². The van der Waals surface area contributed by atoms with Crippen LogP contribution in [-0.2, 0) is 19.2 Å². The lowest BCUT2D eigenvalue weighted by molar-refractivity contribution is -0.203. The van der Waals surface area contributed by atoms with Gasteiger partial charge >= 0.3 is 0 Å². The van der Waals surface area contributed by atoms with E-state index in [1.165, 1.54) is 4.90 Å². The van der Waals surface area contributed by atoms with Gasteiger partial charge in [-0.2, -0.15) is 0 Å². The predicted octanol–water partition coefficient (Wildman–Crippen LogP) is 6.17. The Morgan fingerprint density at radius 2 is 1.51 bits per heavy atom. The molecule has 0 saturated carbocycles. The van der Waals surface area contributed by atoms with Gasteiger partial charge in [-0.25, -0.2) is 10.3 Å². The van der Waals surface area contributed by atoms with E-state index >= 15 is 0 Å². The molecule has 0 bridgehead atoms. The number of nitrogens with one attached hydrogen (secondary N) is 2. The molecule has 1 saturated heterocycles. The van der Waals surface area contributed by atoms with E-state index in [2.05, 4.69) is 10.9 Å². The smallest absolute Gasteiger partial charge is 0.261 e. The summed E-state index contributed by atoms with van der Waals surface area (Å²) in [6.07, 6.45) is 6.60. The second-order valence-electron chi connectivity index (χ2n) is 13.1. The number of rotatable bonds is 15. The Bertz CT molecular complexity index is 1570. The molecule has 3 aromatic rings. The molecule has 258 valence electrons. The van der Waals surface area contributed by atoms with Crippen LogP contribution in [0.5, 0.6) is 0 Å². The van der Waals surface area contributed by atoms with Gasteiger partial charge in [0.05, 0.1) is 41.2 Å². The van der Waals surface area contributed by atoms with Gasteiger partial charge < -0.3 is 4.74 Å². The van der Waals surface area contributed by atoms with E-state index in [9.17, 15) is 19.2 Å². The Balaban J connectivity index is 1.38. The van der Waals surface area contributed by atoms with E-state index in [0.717, 1.165) is 18.4 Å². The molecule has 1 fully saturated rings. The molecule has 0 spiro atoms.